The fourth-order valence-electron chi connectivity index (χ4n) is 3.31. The van der Waals surface area contributed by atoms with E-state index in [2.05, 4.69) is 60.2 Å². The number of hydrogen-bond acceptors (Lipinski definition) is 3. The molecule has 2 heterocycles. The number of hydrogen-bond donors (Lipinski definition) is 1. The second kappa shape index (κ2) is 5.86. The van der Waals surface area contributed by atoms with Gasteiger partial charge in [0.2, 0.25) is 0 Å². The molecule has 0 bridgehead atoms. The lowest BCUT2D eigenvalue weighted by atomic mass is 9.94. The minimum absolute atomic E-state index is 0.709. The first-order valence-corrected chi connectivity index (χ1v) is 8.27. The van der Waals surface area contributed by atoms with Crippen LogP contribution in [0.2, 0.25) is 0 Å². The second-order valence-electron chi connectivity index (χ2n) is 6.09. The summed E-state index contributed by atoms with van der Waals surface area (Å²) in [5.41, 5.74) is 1.54. The number of nitrogens with one attached hydrogen (secondary N) is 1. The summed E-state index contributed by atoms with van der Waals surface area (Å²) in [5, 5.41) is 4.55. The molecule has 0 spiro atoms. The summed E-state index contributed by atoms with van der Waals surface area (Å²) in [6, 6.07) is 9.56. The summed E-state index contributed by atoms with van der Waals surface area (Å²) in [6.45, 7) is 6.00. The molecule has 2 nitrogen and oxygen atoms in total. The van der Waals surface area contributed by atoms with Crippen LogP contribution >= 0.6 is 11.8 Å². The molecule has 2 aliphatic heterocycles. The molecule has 0 aliphatic carbocycles. The molecular formula is C16H24N2S. The van der Waals surface area contributed by atoms with Crippen LogP contribution in [0.15, 0.2) is 29.2 Å². The van der Waals surface area contributed by atoms with Crippen LogP contribution in [0.25, 0.3) is 0 Å². The number of piperidine rings is 1. The molecule has 0 saturated carbocycles. The van der Waals surface area contributed by atoms with Crippen LogP contribution in [0.4, 0.5) is 0 Å². The highest BCUT2D eigenvalue weighted by Crippen LogP contribution is 2.36. The molecule has 1 saturated heterocycles. The van der Waals surface area contributed by atoms with Crippen molar-refractivity contribution in [3.05, 3.63) is 29.8 Å². The van der Waals surface area contributed by atoms with Gasteiger partial charge in [-0.3, -0.25) is 0 Å². The number of thioether (sulfide) groups is 1. The first kappa shape index (κ1) is 13.5. The maximum Gasteiger partial charge on any atom is 0.0260 e. The molecule has 1 aromatic carbocycles. The van der Waals surface area contributed by atoms with E-state index in [-0.39, 0.29) is 0 Å². The van der Waals surface area contributed by atoms with Crippen molar-refractivity contribution in [2.75, 3.05) is 26.7 Å². The van der Waals surface area contributed by atoms with Crippen LogP contribution in [-0.2, 0) is 6.42 Å². The topological polar surface area (TPSA) is 15.3 Å². The summed E-state index contributed by atoms with van der Waals surface area (Å²) in [5.74, 6) is 0.771. The highest BCUT2D eigenvalue weighted by Gasteiger charge is 2.26. The Morgan fingerprint density at radius 1 is 1.37 bits per heavy atom. The van der Waals surface area contributed by atoms with Gasteiger partial charge in [-0.05, 0) is 44.0 Å². The zero-order valence-corrected chi connectivity index (χ0v) is 12.7. The minimum atomic E-state index is 0.709. The number of benzene rings is 1. The summed E-state index contributed by atoms with van der Waals surface area (Å²) in [4.78, 5) is 3.94. The maximum absolute atomic E-state index is 3.82. The average molecular weight is 276 g/mol. The Balaban J connectivity index is 1.49. The molecule has 1 fully saturated rings. The zero-order valence-electron chi connectivity index (χ0n) is 11.9. The molecule has 0 radical (unpaired) electrons. The van der Waals surface area contributed by atoms with Crippen molar-refractivity contribution in [1.82, 2.24) is 10.2 Å². The van der Waals surface area contributed by atoms with E-state index in [4.69, 9.17) is 0 Å². The largest absolute Gasteiger partial charge is 0.312 e. The highest BCUT2D eigenvalue weighted by molar-refractivity contribution is 8.00. The summed E-state index contributed by atoms with van der Waals surface area (Å²) in [6.07, 6.45) is 2.52. The molecule has 3 rings (SSSR count). The molecule has 2 aliphatic rings. The van der Waals surface area contributed by atoms with Crippen LogP contribution in [0.3, 0.4) is 0 Å². The Kier molecular flexibility index (Phi) is 4.15. The molecule has 0 amide bonds. The smallest absolute Gasteiger partial charge is 0.0260 e. The Morgan fingerprint density at radius 2 is 2.21 bits per heavy atom. The van der Waals surface area contributed by atoms with Crippen molar-refractivity contribution in [3.8, 4) is 0 Å². The molecule has 3 atom stereocenters. The van der Waals surface area contributed by atoms with E-state index in [9.17, 15) is 0 Å². The first-order valence-electron chi connectivity index (χ1n) is 7.39. The van der Waals surface area contributed by atoms with Gasteiger partial charge in [-0.25, -0.2) is 0 Å². The van der Waals surface area contributed by atoms with Crippen molar-refractivity contribution >= 4 is 11.8 Å². The number of likely N-dealkylation sites (tertiary alicyclic amines) is 1. The van der Waals surface area contributed by atoms with Gasteiger partial charge < -0.3 is 10.2 Å². The molecule has 19 heavy (non-hydrogen) atoms. The Labute approximate surface area is 121 Å². The van der Waals surface area contributed by atoms with Gasteiger partial charge >= 0.3 is 0 Å². The van der Waals surface area contributed by atoms with Crippen LogP contribution in [0.1, 0.15) is 18.9 Å². The van der Waals surface area contributed by atoms with Crippen molar-refractivity contribution in [2.24, 2.45) is 5.92 Å². The third kappa shape index (κ3) is 3.15. The Hall–Kier alpha value is -0.510. The van der Waals surface area contributed by atoms with Crippen LogP contribution in [-0.4, -0.2) is 42.9 Å². The van der Waals surface area contributed by atoms with E-state index in [1.165, 1.54) is 36.4 Å². The van der Waals surface area contributed by atoms with E-state index in [0.29, 0.717) is 6.04 Å². The van der Waals surface area contributed by atoms with Gasteiger partial charge in [0.05, 0.1) is 0 Å². The maximum atomic E-state index is 3.82. The normalized spacial score (nSPS) is 31.4. The first-order chi connectivity index (χ1) is 9.22. The van der Waals surface area contributed by atoms with Crippen molar-refractivity contribution < 1.29 is 0 Å². The predicted molar refractivity (Wildman–Crippen MR) is 82.9 cm³/mol. The Bertz CT molecular complexity index is 410. The summed E-state index contributed by atoms with van der Waals surface area (Å²) in [7, 11) is 2.23. The van der Waals surface area contributed by atoms with E-state index >= 15 is 0 Å². The molecule has 0 aromatic heterocycles. The van der Waals surface area contributed by atoms with Gasteiger partial charge in [0.15, 0.2) is 0 Å². The van der Waals surface area contributed by atoms with E-state index in [0.717, 1.165) is 17.7 Å². The number of rotatable bonds is 3. The molecular weight excluding hydrogens is 252 g/mol. The molecule has 3 unspecified atom stereocenters. The van der Waals surface area contributed by atoms with E-state index in [1.807, 2.05) is 0 Å². The highest BCUT2D eigenvalue weighted by atomic mass is 32.2. The third-order valence-electron chi connectivity index (χ3n) is 4.43. The molecule has 1 N–H and O–H groups in total. The predicted octanol–water partition coefficient (Wildman–Crippen LogP) is 2.63. The van der Waals surface area contributed by atoms with Crippen LogP contribution < -0.4 is 5.32 Å². The van der Waals surface area contributed by atoms with Gasteiger partial charge in [-0.15, -0.1) is 11.8 Å². The van der Waals surface area contributed by atoms with Crippen molar-refractivity contribution in [1.29, 1.82) is 0 Å². The zero-order chi connectivity index (χ0) is 13.2. The summed E-state index contributed by atoms with van der Waals surface area (Å²) >= 11 is 2.05. The second-order valence-corrected chi connectivity index (χ2v) is 7.44. The lowest BCUT2D eigenvalue weighted by molar-refractivity contribution is 0.175. The Morgan fingerprint density at radius 3 is 3.00 bits per heavy atom. The third-order valence-corrected chi connectivity index (χ3v) is 5.75. The SMILES string of the molecule is CC1CN(C)CCC1NCC1Cc2ccccc2S1. The van der Waals surface area contributed by atoms with E-state index < -0.39 is 0 Å². The molecule has 1 aromatic rings. The molecule has 3 heteroatoms. The average Bonchev–Trinajstić information content (AvgIpc) is 2.80. The monoisotopic (exact) mass is 276 g/mol. The summed E-state index contributed by atoms with van der Waals surface area (Å²) < 4.78 is 0. The molecule has 104 valence electrons. The van der Waals surface area contributed by atoms with Gasteiger partial charge in [0.1, 0.15) is 0 Å². The minimum Gasteiger partial charge on any atom is -0.312 e. The number of fused-ring (bicyclic) bond motifs is 1. The standard InChI is InChI=1S/C16H24N2S/c1-12-11-18(2)8-7-15(12)17-10-14-9-13-5-3-4-6-16(13)19-14/h3-6,12,14-15,17H,7-11H2,1-2H3. The lowest BCUT2D eigenvalue weighted by Crippen LogP contribution is -2.48. The lowest BCUT2D eigenvalue weighted by Gasteiger charge is -2.35. The van der Waals surface area contributed by atoms with Crippen molar-refractivity contribution in [3.63, 3.8) is 0 Å². The quantitative estimate of drug-likeness (QED) is 0.913. The van der Waals surface area contributed by atoms with Gasteiger partial charge in [-0.2, -0.15) is 0 Å². The number of nitrogens with zero attached hydrogens (tertiary/aromatic N) is 1. The van der Waals surface area contributed by atoms with Gasteiger partial charge in [0, 0.05) is 29.3 Å². The van der Waals surface area contributed by atoms with Gasteiger partial charge in [0.25, 0.3) is 0 Å². The van der Waals surface area contributed by atoms with Crippen LogP contribution in [0.5, 0.6) is 0 Å². The van der Waals surface area contributed by atoms with E-state index in [1.54, 1.807) is 0 Å². The van der Waals surface area contributed by atoms with Crippen LogP contribution in [0, 0.1) is 5.92 Å². The van der Waals surface area contributed by atoms with Crippen molar-refractivity contribution in [2.45, 2.75) is 36.0 Å². The fraction of sp³-hybridized carbons (Fsp3) is 0.625. The van der Waals surface area contributed by atoms with Gasteiger partial charge in [-0.1, -0.05) is 25.1 Å². The fourth-order valence-corrected chi connectivity index (χ4v) is 4.57.